The minimum atomic E-state index is -3.76. The third-order valence-electron chi connectivity index (χ3n) is 5.68. The van der Waals surface area contributed by atoms with Crippen molar-refractivity contribution in [2.45, 2.75) is 4.90 Å². The molecule has 0 atom stereocenters. The Kier molecular flexibility index (Phi) is 6.58. The highest BCUT2D eigenvalue weighted by Gasteiger charge is 2.22. The average molecular weight is 450 g/mol. The molecule has 0 saturated carbocycles. The molecule has 0 bridgehead atoms. The van der Waals surface area contributed by atoms with Gasteiger partial charge in [0, 0.05) is 32.7 Å². The Labute approximate surface area is 189 Å². The van der Waals surface area contributed by atoms with Gasteiger partial charge in [-0.15, -0.1) is 6.58 Å². The third kappa shape index (κ3) is 5.00. The van der Waals surface area contributed by atoms with Crippen molar-refractivity contribution in [2.75, 3.05) is 48.7 Å². The van der Waals surface area contributed by atoms with Crippen molar-refractivity contribution in [3.63, 3.8) is 0 Å². The van der Waals surface area contributed by atoms with E-state index in [0.29, 0.717) is 5.69 Å². The van der Waals surface area contributed by atoms with E-state index in [-0.39, 0.29) is 4.90 Å². The highest BCUT2D eigenvalue weighted by Crippen LogP contribution is 2.27. The first-order chi connectivity index (χ1) is 15.5. The Morgan fingerprint density at radius 3 is 2.38 bits per heavy atom. The van der Waals surface area contributed by atoms with Gasteiger partial charge in [-0.25, -0.2) is 8.42 Å². The average Bonchev–Trinajstić information content (AvgIpc) is 2.79. The number of para-hydroxylation sites is 2. The van der Waals surface area contributed by atoms with Gasteiger partial charge in [0.05, 0.1) is 16.3 Å². The third-order valence-corrected chi connectivity index (χ3v) is 7.29. The number of sulfone groups is 1. The lowest BCUT2D eigenvalue weighted by Gasteiger charge is -2.36. The molecule has 3 aromatic carbocycles. The molecule has 1 fully saturated rings. The summed E-state index contributed by atoms with van der Waals surface area (Å²) in [7, 11) is -3.76. The molecule has 3 aromatic rings. The SMILES string of the molecule is C=CCN1CCN(c2ccccc2NC(=O)CS(=O)(=O)c2ccc3ccccc3c2)CC1. The van der Waals surface area contributed by atoms with Crippen molar-refractivity contribution < 1.29 is 13.2 Å². The summed E-state index contributed by atoms with van der Waals surface area (Å²) >= 11 is 0. The van der Waals surface area contributed by atoms with Crippen LogP contribution in [0.3, 0.4) is 0 Å². The van der Waals surface area contributed by atoms with Gasteiger partial charge in [-0.3, -0.25) is 9.69 Å². The molecule has 0 unspecified atom stereocenters. The van der Waals surface area contributed by atoms with Gasteiger partial charge in [0.2, 0.25) is 5.91 Å². The van der Waals surface area contributed by atoms with Gasteiger partial charge in [-0.2, -0.15) is 0 Å². The quantitative estimate of drug-likeness (QED) is 0.559. The molecule has 1 N–H and O–H groups in total. The maximum Gasteiger partial charge on any atom is 0.240 e. The number of amides is 1. The molecular formula is C25H27N3O3S. The minimum Gasteiger partial charge on any atom is -0.367 e. The Balaban J connectivity index is 1.46. The Morgan fingerprint density at radius 1 is 0.938 bits per heavy atom. The van der Waals surface area contributed by atoms with Crippen LogP contribution in [0.1, 0.15) is 0 Å². The molecule has 7 heteroatoms. The van der Waals surface area contributed by atoms with Crippen LogP contribution in [-0.4, -0.2) is 57.7 Å². The molecule has 1 amide bonds. The lowest BCUT2D eigenvalue weighted by atomic mass is 10.1. The van der Waals surface area contributed by atoms with Crippen LogP contribution in [0.5, 0.6) is 0 Å². The highest BCUT2D eigenvalue weighted by atomic mass is 32.2. The fourth-order valence-electron chi connectivity index (χ4n) is 4.01. The van der Waals surface area contributed by atoms with Gasteiger partial charge >= 0.3 is 0 Å². The largest absolute Gasteiger partial charge is 0.367 e. The second-order valence-electron chi connectivity index (χ2n) is 7.91. The molecular weight excluding hydrogens is 422 g/mol. The molecule has 0 spiro atoms. The second-order valence-corrected chi connectivity index (χ2v) is 9.90. The van der Waals surface area contributed by atoms with Crippen LogP contribution in [0, 0.1) is 0 Å². The second kappa shape index (κ2) is 9.54. The topological polar surface area (TPSA) is 69.7 Å². The van der Waals surface area contributed by atoms with Crippen LogP contribution in [-0.2, 0) is 14.6 Å². The number of nitrogens with one attached hydrogen (secondary N) is 1. The summed E-state index contributed by atoms with van der Waals surface area (Å²) in [5.74, 6) is -1.15. The normalized spacial score (nSPS) is 14.9. The lowest BCUT2D eigenvalue weighted by molar-refractivity contribution is -0.113. The molecule has 32 heavy (non-hydrogen) atoms. The van der Waals surface area contributed by atoms with Crippen LogP contribution >= 0.6 is 0 Å². The highest BCUT2D eigenvalue weighted by molar-refractivity contribution is 7.92. The molecule has 1 saturated heterocycles. The molecule has 1 aliphatic heterocycles. The van der Waals surface area contributed by atoms with E-state index >= 15 is 0 Å². The number of carbonyl (C=O) groups is 1. The van der Waals surface area contributed by atoms with Crippen molar-refractivity contribution in [1.29, 1.82) is 0 Å². The standard InChI is InChI=1S/C25H27N3O3S/c1-2-13-27-14-16-28(17-15-27)24-10-6-5-9-23(24)26-25(29)19-32(30,31)22-12-11-20-7-3-4-8-21(20)18-22/h2-12,18H,1,13-17,19H2,(H,26,29). The van der Waals surface area contributed by atoms with E-state index in [1.165, 1.54) is 0 Å². The van der Waals surface area contributed by atoms with Crippen molar-refractivity contribution in [3.8, 4) is 0 Å². The van der Waals surface area contributed by atoms with Gasteiger partial charge in [-0.1, -0.05) is 48.5 Å². The van der Waals surface area contributed by atoms with E-state index in [4.69, 9.17) is 0 Å². The van der Waals surface area contributed by atoms with Crippen molar-refractivity contribution in [3.05, 3.63) is 79.4 Å². The molecule has 1 aliphatic rings. The predicted octanol–water partition coefficient (Wildman–Crippen LogP) is 3.56. The van der Waals surface area contributed by atoms with Crippen LogP contribution in [0.2, 0.25) is 0 Å². The smallest absolute Gasteiger partial charge is 0.240 e. The maximum absolute atomic E-state index is 12.9. The number of carbonyl (C=O) groups excluding carboxylic acids is 1. The summed E-state index contributed by atoms with van der Waals surface area (Å²) in [5, 5.41) is 4.60. The van der Waals surface area contributed by atoms with Crippen LogP contribution in [0.25, 0.3) is 10.8 Å². The molecule has 0 radical (unpaired) electrons. The van der Waals surface area contributed by atoms with E-state index in [9.17, 15) is 13.2 Å². The number of benzene rings is 3. The molecule has 1 heterocycles. The number of hydrogen-bond acceptors (Lipinski definition) is 5. The first kappa shape index (κ1) is 22.0. The van der Waals surface area contributed by atoms with Crippen molar-refractivity contribution in [1.82, 2.24) is 4.90 Å². The lowest BCUT2D eigenvalue weighted by Crippen LogP contribution is -2.46. The van der Waals surface area contributed by atoms with Crippen LogP contribution in [0.4, 0.5) is 11.4 Å². The first-order valence-corrected chi connectivity index (χ1v) is 12.3. The molecule has 166 valence electrons. The predicted molar refractivity (Wildman–Crippen MR) is 130 cm³/mol. The van der Waals surface area contributed by atoms with Crippen molar-refractivity contribution in [2.24, 2.45) is 0 Å². The summed E-state index contributed by atoms with van der Waals surface area (Å²) in [6, 6.07) is 20.0. The summed E-state index contributed by atoms with van der Waals surface area (Å²) < 4.78 is 25.8. The summed E-state index contributed by atoms with van der Waals surface area (Å²) in [6.07, 6.45) is 1.90. The van der Waals surface area contributed by atoms with E-state index < -0.39 is 21.5 Å². The minimum absolute atomic E-state index is 0.151. The molecule has 0 aliphatic carbocycles. The number of fused-ring (bicyclic) bond motifs is 1. The van der Waals surface area contributed by atoms with E-state index in [2.05, 4.69) is 21.7 Å². The van der Waals surface area contributed by atoms with E-state index in [0.717, 1.165) is 49.2 Å². The zero-order valence-corrected chi connectivity index (χ0v) is 18.7. The number of anilines is 2. The summed E-state index contributed by atoms with van der Waals surface area (Å²) in [6.45, 7) is 8.13. The number of nitrogens with zero attached hydrogens (tertiary/aromatic N) is 2. The van der Waals surface area contributed by atoms with E-state index in [1.807, 2.05) is 54.6 Å². The zero-order chi connectivity index (χ0) is 22.6. The summed E-state index contributed by atoms with van der Waals surface area (Å²) in [4.78, 5) is 17.4. The molecule has 4 rings (SSSR count). The summed E-state index contributed by atoms with van der Waals surface area (Å²) in [5.41, 5.74) is 1.53. The Bertz CT molecular complexity index is 1230. The molecule has 6 nitrogen and oxygen atoms in total. The number of rotatable bonds is 7. The van der Waals surface area contributed by atoms with Crippen LogP contribution in [0.15, 0.2) is 84.3 Å². The van der Waals surface area contributed by atoms with Crippen LogP contribution < -0.4 is 10.2 Å². The monoisotopic (exact) mass is 449 g/mol. The van der Waals surface area contributed by atoms with E-state index in [1.54, 1.807) is 18.2 Å². The van der Waals surface area contributed by atoms with Gasteiger partial charge in [0.1, 0.15) is 5.75 Å². The van der Waals surface area contributed by atoms with Gasteiger partial charge in [0.25, 0.3) is 0 Å². The molecule has 0 aromatic heterocycles. The fourth-order valence-corrected chi connectivity index (χ4v) is 5.18. The Hall–Kier alpha value is -3.16. The van der Waals surface area contributed by atoms with Crippen molar-refractivity contribution >= 4 is 37.9 Å². The first-order valence-electron chi connectivity index (χ1n) is 10.6. The zero-order valence-electron chi connectivity index (χ0n) is 17.9. The fraction of sp³-hybridized carbons (Fsp3) is 0.240. The number of hydrogen-bond donors (Lipinski definition) is 1. The van der Waals surface area contributed by atoms with Gasteiger partial charge in [0.15, 0.2) is 9.84 Å². The Morgan fingerprint density at radius 2 is 1.62 bits per heavy atom. The van der Waals surface area contributed by atoms with Gasteiger partial charge in [-0.05, 0) is 35.0 Å². The number of piperazine rings is 1. The maximum atomic E-state index is 12.9. The van der Waals surface area contributed by atoms with Gasteiger partial charge < -0.3 is 10.2 Å².